The number of carbonyl (C=O) groups is 2. The van der Waals surface area contributed by atoms with Gasteiger partial charge in [-0.15, -0.1) is 11.3 Å². The molecule has 3 aromatic rings. The van der Waals surface area contributed by atoms with Gasteiger partial charge >= 0.3 is 12.3 Å². The summed E-state index contributed by atoms with van der Waals surface area (Å²) in [6.45, 7) is 6.63. The number of nitrogens with zero attached hydrogens (tertiary/aromatic N) is 4. The van der Waals surface area contributed by atoms with Gasteiger partial charge in [-0.3, -0.25) is 4.79 Å². The lowest BCUT2D eigenvalue weighted by molar-refractivity contribution is -0.145. The van der Waals surface area contributed by atoms with Gasteiger partial charge in [0.2, 0.25) is 5.82 Å². The minimum Gasteiger partial charge on any atom is -0.490 e. The summed E-state index contributed by atoms with van der Waals surface area (Å²) in [4.78, 5) is 39.0. The van der Waals surface area contributed by atoms with E-state index in [-0.39, 0.29) is 12.2 Å². The second kappa shape index (κ2) is 12.0. The number of rotatable bonds is 7. The molecule has 0 radical (unpaired) electrons. The fourth-order valence-corrected chi connectivity index (χ4v) is 4.80. The number of aromatic nitrogens is 3. The second-order valence-electron chi connectivity index (χ2n) is 9.06. The number of hydrogen-bond donors (Lipinski definition) is 1. The van der Waals surface area contributed by atoms with E-state index in [0.717, 1.165) is 17.3 Å². The van der Waals surface area contributed by atoms with Crippen molar-refractivity contribution < 1.29 is 32.2 Å². The van der Waals surface area contributed by atoms with Crippen molar-refractivity contribution >= 4 is 23.3 Å². The lowest BCUT2D eigenvalue weighted by atomic mass is 10.1. The SMILES string of the molecule is CCOC(=O)N1CCC(Oc2cc(C(=O)NC(C)c3cnc(C(F)(F)F)nc3)cc(-c3ncc(C)s3)c2)CC1. The summed E-state index contributed by atoms with van der Waals surface area (Å²) in [5, 5.41) is 3.50. The van der Waals surface area contributed by atoms with E-state index < -0.39 is 23.9 Å². The van der Waals surface area contributed by atoms with E-state index in [0.29, 0.717) is 60.0 Å². The molecule has 0 spiro atoms. The van der Waals surface area contributed by atoms with Crippen LogP contribution < -0.4 is 10.1 Å². The smallest absolute Gasteiger partial charge is 0.451 e. The average Bonchev–Trinajstić information content (AvgIpc) is 3.35. The number of aryl methyl sites for hydroxylation is 1. The lowest BCUT2D eigenvalue weighted by Crippen LogP contribution is -2.42. The van der Waals surface area contributed by atoms with Crippen LogP contribution in [0, 0.1) is 6.92 Å². The normalized spacial score (nSPS) is 15.1. The van der Waals surface area contributed by atoms with Crippen molar-refractivity contribution in [2.75, 3.05) is 19.7 Å². The van der Waals surface area contributed by atoms with E-state index in [1.807, 2.05) is 13.0 Å². The summed E-state index contributed by atoms with van der Waals surface area (Å²) >= 11 is 1.47. The van der Waals surface area contributed by atoms with Crippen LogP contribution in [0.1, 0.15) is 59.4 Å². The molecule has 2 aromatic heterocycles. The molecule has 1 aliphatic rings. The van der Waals surface area contributed by atoms with Crippen LogP contribution in [-0.2, 0) is 10.9 Å². The number of benzene rings is 1. The molecule has 9 nitrogen and oxygen atoms in total. The highest BCUT2D eigenvalue weighted by Gasteiger charge is 2.34. The van der Waals surface area contributed by atoms with E-state index in [9.17, 15) is 22.8 Å². The van der Waals surface area contributed by atoms with Crippen molar-refractivity contribution in [3.8, 4) is 16.3 Å². The Bertz CT molecular complexity index is 1310. The van der Waals surface area contributed by atoms with Crippen molar-refractivity contribution in [2.45, 2.75) is 51.9 Å². The fourth-order valence-electron chi connectivity index (χ4n) is 4.04. The molecule has 2 amide bonds. The van der Waals surface area contributed by atoms with Gasteiger partial charge in [-0.1, -0.05) is 0 Å². The van der Waals surface area contributed by atoms with Gasteiger partial charge < -0.3 is 19.7 Å². The van der Waals surface area contributed by atoms with Crippen LogP contribution in [0.15, 0.2) is 36.8 Å². The van der Waals surface area contributed by atoms with Gasteiger partial charge in [-0.25, -0.2) is 19.7 Å². The number of amides is 2. The first-order valence-corrected chi connectivity index (χ1v) is 13.2. The van der Waals surface area contributed by atoms with Crippen molar-refractivity contribution in [2.24, 2.45) is 0 Å². The van der Waals surface area contributed by atoms with Crippen LogP contribution in [-0.4, -0.2) is 57.7 Å². The minimum atomic E-state index is -4.65. The Balaban J connectivity index is 1.50. The number of likely N-dealkylation sites (tertiary alicyclic amines) is 1. The summed E-state index contributed by atoms with van der Waals surface area (Å²) in [5.41, 5.74) is 1.33. The van der Waals surface area contributed by atoms with Gasteiger partial charge in [0.1, 0.15) is 16.9 Å². The molecule has 1 unspecified atom stereocenters. The zero-order valence-corrected chi connectivity index (χ0v) is 22.4. The molecule has 1 aromatic carbocycles. The van der Waals surface area contributed by atoms with Crippen molar-refractivity contribution in [3.05, 3.63) is 58.6 Å². The number of hydrogen-bond acceptors (Lipinski definition) is 8. The van der Waals surface area contributed by atoms with Crippen LogP contribution in [0.25, 0.3) is 10.6 Å². The molecule has 1 fully saturated rings. The van der Waals surface area contributed by atoms with Crippen molar-refractivity contribution in [1.29, 1.82) is 0 Å². The fraction of sp³-hybridized carbons (Fsp3) is 0.423. The Morgan fingerprint density at radius 3 is 2.41 bits per heavy atom. The lowest BCUT2D eigenvalue weighted by Gasteiger charge is -2.31. The monoisotopic (exact) mass is 563 g/mol. The highest BCUT2D eigenvalue weighted by atomic mass is 32.1. The molecule has 39 heavy (non-hydrogen) atoms. The van der Waals surface area contributed by atoms with Crippen LogP contribution in [0.4, 0.5) is 18.0 Å². The number of halogens is 3. The first-order valence-electron chi connectivity index (χ1n) is 12.4. The Labute approximate surface area is 227 Å². The summed E-state index contributed by atoms with van der Waals surface area (Å²) in [5.74, 6) is -1.21. The summed E-state index contributed by atoms with van der Waals surface area (Å²) < 4.78 is 49.7. The molecule has 0 aliphatic carbocycles. The largest absolute Gasteiger partial charge is 0.490 e. The van der Waals surface area contributed by atoms with Crippen LogP contribution >= 0.6 is 11.3 Å². The van der Waals surface area contributed by atoms with E-state index in [1.54, 1.807) is 37.1 Å². The zero-order chi connectivity index (χ0) is 28.2. The summed E-state index contributed by atoms with van der Waals surface area (Å²) in [6, 6.07) is 4.48. The van der Waals surface area contributed by atoms with Gasteiger partial charge in [0.05, 0.1) is 12.6 Å². The molecule has 1 saturated heterocycles. The van der Waals surface area contributed by atoms with Crippen molar-refractivity contribution in [3.63, 3.8) is 0 Å². The Morgan fingerprint density at radius 2 is 1.82 bits per heavy atom. The molecule has 0 bridgehead atoms. The van der Waals surface area contributed by atoms with E-state index in [4.69, 9.17) is 9.47 Å². The average molecular weight is 564 g/mol. The third-order valence-electron chi connectivity index (χ3n) is 6.08. The van der Waals surface area contributed by atoms with Crippen LogP contribution in [0.5, 0.6) is 5.75 Å². The van der Waals surface area contributed by atoms with E-state index >= 15 is 0 Å². The number of nitrogens with one attached hydrogen (secondary N) is 1. The molecule has 4 rings (SSSR count). The molecule has 208 valence electrons. The highest BCUT2D eigenvalue weighted by molar-refractivity contribution is 7.14. The van der Waals surface area contributed by atoms with Gasteiger partial charge in [-0.05, 0) is 39.0 Å². The van der Waals surface area contributed by atoms with E-state index in [2.05, 4.69) is 20.3 Å². The molecule has 1 N–H and O–H groups in total. The Morgan fingerprint density at radius 1 is 1.13 bits per heavy atom. The number of alkyl halides is 3. The maximum atomic E-state index is 13.2. The third kappa shape index (κ3) is 7.22. The predicted octanol–water partition coefficient (Wildman–Crippen LogP) is 5.42. The summed E-state index contributed by atoms with van der Waals surface area (Å²) in [7, 11) is 0. The van der Waals surface area contributed by atoms with Gasteiger partial charge in [0.15, 0.2) is 0 Å². The number of piperidine rings is 1. The van der Waals surface area contributed by atoms with Crippen LogP contribution in [0.2, 0.25) is 0 Å². The molecular formula is C26H28F3N5O4S. The number of thiazole rings is 1. The first kappa shape index (κ1) is 28.3. The highest BCUT2D eigenvalue weighted by Crippen LogP contribution is 2.31. The van der Waals surface area contributed by atoms with Gasteiger partial charge in [0.25, 0.3) is 5.91 Å². The second-order valence-corrected chi connectivity index (χ2v) is 10.3. The predicted molar refractivity (Wildman–Crippen MR) is 137 cm³/mol. The summed E-state index contributed by atoms with van der Waals surface area (Å²) in [6.07, 6.45) is -0.111. The number of carbonyl (C=O) groups excluding carboxylic acids is 2. The zero-order valence-electron chi connectivity index (χ0n) is 21.6. The van der Waals surface area contributed by atoms with Gasteiger partial charge in [0, 0.05) is 66.1 Å². The topological polar surface area (TPSA) is 107 Å². The molecule has 13 heteroatoms. The molecule has 1 aliphatic heterocycles. The molecule has 3 heterocycles. The Hall–Kier alpha value is -3.74. The third-order valence-corrected chi connectivity index (χ3v) is 7.04. The number of ether oxygens (including phenoxy) is 2. The maximum absolute atomic E-state index is 13.2. The standard InChI is InChI=1S/C26H28F3N5O4S/c1-4-37-25(36)34-7-5-20(6-8-34)38-21-10-17(9-18(11-21)23-30-12-15(2)39-23)22(35)33-16(3)19-13-31-24(32-14-19)26(27,28)29/h9-14,16,20H,4-8H2,1-3H3,(H,33,35). The molecular weight excluding hydrogens is 535 g/mol. The quantitative estimate of drug-likeness (QED) is 0.409. The van der Waals surface area contributed by atoms with Gasteiger partial charge in [-0.2, -0.15) is 13.2 Å². The van der Waals surface area contributed by atoms with Crippen LogP contribution in [0.3, 0.4) is 0 Å². The van der Waals surface area contributed by atoms with E-state index in [1.165, 1.54) is 11.3 Å². The minimum absolute atomic E-state index is 0.164. The first-order chi connectivity index (χ1) is 18.5. The molecule has 0 saturated carbocycles. The maximum Gasteiger partial charge on any atom is 0.451 e. The molecule has 1 atom stereocenters. The van der Waals surface area contributed by atoms with Crippen molar-refractivity contribution in [1.82, 2.24) is 25.2 Å². The Kier molecular flexibility index (Phi) is 8.68.